The molecule has 10 heteroatoms. The van der Waals surface area contributed by atoms with E-state index in [4.69, 9.17) is 14.2 Å². The minimum absolute atomic E-state index is 0.0520. The SMILES string of the molecule is COCCOC(=O)c1ccc2c(c1)ncn2-c1cccc(N2CCNCC2CC(=O)OCCCCF)c1. The summed E-state index contributed by atoms with van der Waals surface area (Å²) in [7, 11) is 1.55. The van der Waals surface area contributed by atoms with Crippen molar-refractivity contribution >= 4 is 28.7 Å². The van der Waals surface area contributed by atoms with Crippen LogP contribution in [0.25, 0.3) is 16.7 Å². The summed E-state index contributed by atoms with van der Waals surface area (Å²) in [6.45, 7) is 2.61. The lowest BCUT2D eigenvalue weighted by Crippen LogP contribution is -2.52. The second-order valence-corrected chi connectivity index (χ2v) is 8.84. The molecule has 1 unspecified atom stereocenters. The molecule has 0 saturated carbocycles. The first-order chi connectivity index (χ1) is 18.1. The zero-order valence-corrected chi connectivity index (χ0v) is 21.0. The zero-order valence-electron chi connectivity index (χ0n) is 21.0. The molecule has 2 aromatic carbocycles. The number of aromatic nitrogens is 2. The Morgan fingerprint density at radius 3 is 2.78 bits per heavy atom. The van der Waals surface area contributed by atoms with Crippen LogP contribution in [0.4, 0.5) is 10.1 Å². The van der Waals surface area contributed by atoms with E-state index in [-0.39, 0.29) is 31.6 Å². The van der Waals surface area contributed by atoms with Crippen LogP contribution >= 0.6 is 0 Å². The summed E-state index contributed by atoms with van der Waals surface area (Å²) in [5.41, 5.74) is 3.89. The van der Waals surface area contributed by atoms with Crippen LogP contribution < -0.4 is 10.2 Å². The summed E-state index contributed by atoms with van der Waals surface area (Å²) in [6.07, 6.45) is 2.92. The van der Waals surface area contributed by atoms with Crippen molar-refractivity contribution < 1.29 is 28.2 Å². The van der Waals surface area contributed by atoms with Crippen molar-refractivity contribution in [1.82, 2.24) is 14.9 Å². The summed E-state index contributed by atoms with van der Waals surface area (Å²) in [4.78, 5) is 31.4. The molecule has 0 spiro atoms. The van der Waals surface area contributed by atoms with Crippen LogP contribution in [0.1, 0.15) is 29.6 Å². The molecule has 2 heterocycles. The number of alkyl halides is 1. The Morgan fingerprint density at radius 2 is 1.95 bits per heavy atom. The summed E-state index contributed by atoms with van der Waals surface area (Å²) in [5.74, 6) is -0.688. The number of benzene rings is 2. The largest absolute Gasteiger partial charge is 0.466 e. The first-order valence-corrected chi connectivity index (χ1v) is 12.5. The molecule has 0 aliphatic carbocycles. The first kappa shape index (κ1) is 26.6. The second-order valence-electron chi connectivity index (χ2n) is 8.84. The van der Waals surface area contributed by atoms with Crippen molar-refractivity contribution in [3.05, 3.63) is 54.4 Å². The molecule has 1 fully saturated rings. The van der Waals surface area contributed by atoms with Gasteiger partial charge in [0, 0.05) is 38.1 Å². The van der Waals surface area contributed by atoms with Crippen LogP contribution in [0.15, 0.2) is 48.8 Å². The molecule has 0 bridgehead atoms. The van der Waals surface area contributed by atoms with E-state index in [0.29, 0.717) is 37.1 Å². The fourth-order valence-corrected chi connectivity index (χ4v) is 4.39. The highest BCUT2D eigenvalue weighted by Crippen LogP contribution is 2.26. The van der Waals surface area contributed by atoms with E-state index < -0.39 is 12.6 Å². The van der Waals surface area contributed by atoms with E-state index in [1.165, 1.54) is 0 Å². The highest BCUT2D eigenvalue weighted by atomic mass is 19.1. The minimum Gasteiger partial charge on any atom is -0.466 e. The number of ether oxygens (including phenoxy) is 3. The van der Waals surface area contributed by atoms with E-state index in [1.807, 2.05) is 28.8 Å². The van der Waals surface area contributed by atoms with Crippen molar-refractivity contribution in [2.24, 2.45) is 0 Å². The molecule has 0 radical (unpaired) electrons. The Bertz CT molecular complexity index is 1200. The minimum atomic E-state index is -0.416. The first-order valence-electron chi connectivity index (χ1n) is 12.5. The lowest BCUT2D eigenvalue weighted by Gasteiger charge is -2.37. The van der Waals surface area contributed by atoms with Crippen molar-refractivity contribution in [2.75, 3.05) is 58.1 Å². The van der Waals surface area contributed by atoms with Gasteiger partial charge in [0.25, 0.3) is 0 Å². The Kier molecular flexibility index (Phi) is 9.45. The molecule has 1 aliphatic rings. The predicted molar refractivity (Wildman–Crippen MR) is 138 cm³/mol. The predicted octanol–water partition coefficient (Wildman–Crippen LogP) is 3.29. The topological polar surface area (TPSA) is 94.9 Å². The molecule has 9 nitrogen and oxygen atoms in total. The number of rotatable bonds is 12. The number of carbonyl (C=O) groups is 2. The van der Waals surface area contributed by atoms with Gasteiger partial charge in [-0.1, -0.05) is 6.07 Å². The molecule has 3 aromatic rings. The molecule has 4 rings (SSSR count). The van der Waals surface area contributed by atoms with E-state index in [0.717, 1.165) is 30.0 Å². The maximum atomic E-state index is 12.4. The number of anilines is 1. The Labute approximate surface area is 215 Å². The van der Waals surface area contributed by atoms with E-state index in [1.54, 1.807) is 25.6 Å². The molecule has 37 heavy (non-hydrogen) atoms. The van der Waals surface area contributed by atoms with Crippen molar-refractivity contribution in [3.63, 3.8) is 0 Å². The highest BCUT2D eigenvalue weighted by Gasteiger charge is 2.26. The van der Waals surface area contributed by atoms with Gasteiger partial charge in [-0.05, 0) is 49.2 Å². The van der Waals surface area contributed by atoms with Gasteiger partial charge < -0.3 is 24.4 Å². The fourth-order valence-electron chi connectivity index (χ4n) is 4.39. The van der Waals surface area contributed by atoms with Gasteiger partial charge in [-0.2, -0.15) is 0 Å². The Morgan fingerprint density at radius 1 is 1.08 bits per heavy atom. The third-order valence-corrected chi connectivity index (χ3v) is 6.29. The van der Waals surface area contributed by atoms with Gasteiger partial charge in [0.15, 0.2) is 0 Å². The highest BCUT2D eigenvalue weighted by molar-refractivity contribution is 5.94. The Hall–Kier alpha value is -3.50. The van der Waals surface area contributed by atoms with Gasteiger partial charge in [0.05, 0.1) is 48.9 Å². The number of piperazine rings is 1. The molecular weight excluding hydrogens is 479 g/mol. The number of methoxy groups -OCH3 is 1. The summed E-state index contributed by atoms with van der Waals surface area (Å²) in [6, 6.07) is 13.3. The molecule has 1 aromatic heterocycles. The van der Waals surface area contributed by atoms with Crippen LogP contribution in [0, 0.1) is 0 Å². The number of fused-ring (bicyclic) bond motifs is 1. The quantitative estimate of drug-likeness (QED) is 0.292. The van der Waals surface area contributed by atoms with Gasteiger partial charge in [-0.15, -0.1) is 0 Å². The third-order valence-electron chi connectivity index (χ3n) is 6.29. The van der Waals surface area contributed by atoms with Crippen molar-refractivity contribution in [1.29, 1.82) is 0 Å². The van der Waals surface area contributed by atoms with Crippen molar-refractivity contribution in [2.45, 2.75) is 25.3 Å². The molecule has 1 atom stereocenters. The lowest BCUT2D eigenvalue weighted by molar-refractivity contribution is -0.144. The molecule has 0 amide bonds. The van der Waals surface area contributed by atoms with Crippen LogP contribution in [0.3, 0.4) is 0 Å². The Balaban J connectivity index is 1.49. The number of unbranched alkanes of at least 4 members (excludes halogenated alkanes) is 1. The number of esters is 2. The van der Waals surface area contributed by atoms with E-state index in [9.17, 15) is 14.0 Å². The fraction of sp³-hybridized carbons (Fsp3) is 0.444. The van der Waals surface area contributed by atoms with Crippen LogP contribution in [-0.2, 0) is 19.0 Å². The summed E-state index contributed by atoms with van der Waals surface area (Å²) in [5, 5.41) is 3.35. The number of halogens is 1. The smallest absolute Gasteiger partial charge is 0.338 e. The monoisotopic (exact) mass is 512 g/mol. The van der Waals surface area contributed by atoms with Crippen LogP contribution in [0.2, 0.25) is 0 Å². The number of nitrogens with one attached hydrogen (secondary N) is 1. The molecule has 1 N–H and O–H groups in total. The zero-order chi connectivity index (χ0) is 26.0. The number of imidazole rings is 1. The summed E-state index contributed by atoms with van der Waals surface area (Å²) < 4.78 is 29.7. The second kappa shape index (κ2) is 13.2. The van der Waals surface area contributed by atoms with E-state index in [2.05, 4.69) is 21.3 Å². The maximum absolute atomic E-state index is 12.4. The van der Waals surface area contributed by atoms with Crippen LogP contribution in [0.5, 0.6) is 0 Å². The van der Waals surface area contributed by atoms with Crippen molar-refractivity contribution in [3.8, 4) is 5.69 Å². The number of carbonyl (C=O) groups excluding carboxylic acids is 2. The normalized spacial score (nSPS) is 15.6. The van der Waals surface area contributed by atoms with Gasteiger partial charge in [-0.25, -0.2) is 9.78 Å². The average molecular weight is 513 g/mol. The number of hydrogen-bond donors (Lipinski definition) is 1. The maximum Gasteiger partial charge on any atom is 0.338 e. The number of hydrogen-bond acceptors (Lipinski definition) is 8. The number of nitrogens with zero attached hydrogens (tertiary/aromatic N) is 3. The van der Waals surface area contributed by atoms with E-state index >= 15 is 0 Å². The standard InChI is InChI=1S/C27H33FN4O5/c1-35-13-14-37-27(34)20-7-8-25-24(15-20)30-19-32(25)22-6-4-5-21(16-22)31-11-10-29-18-23(31)17-26(33)36-12-3-2-9-28/h4-8,15-16,19,23,29H,2-3,9-14,17-18H2,1H3. The van der Waals surface area contributed by atoms with Gasteiger partial charge in [0.2, 0.25) is 0 Å². The average Bonchev–Trinajstić information content (AvgIpc) is 3.35. The lowest BCUT2D eigenvalue weighted by atomic mass is 10.1. The molecule has 1 aliphatic heterocycles. The van der Waals surface area contributed by atoms with Crippen LogP contribution in [-0.4, -0.2) is 80.8 Å². The third kappa shape index (κ3) is 6.84. The molecule has 198 valence electrons. The van der Waals surface area contributed by atoms with Gasteiger partial charge in [-0.3, -0.25) is 13.8 Å². The molecular formula is C27H33FN4O5. The summed E-state index contributed by atoms with van der Waals surface area (Å²) >= 11 is 0. The van der Waals surface area contributed by atoms with Gasteiger partial charge >= 0.3 is 11.9 Å². The van der Waals surface area contributed by atoms with Gasteiger partial charge in [0.1, 0.15) is 12.9 Å². The molecule has 1 saturated heterocycles.